The van der Waals surface area contributed by atoms with E-state index in [-0.39, 0.29) is 6.29 Å². The molecule has 96 valence electrons. The summed E-state index contributed by atoms with van der Waals surface area (Å²) < 4.78 is 11.0. The van der Waals surface area contributed by atoms with Crippen molar-refractivity contribution in [2.45, 2.75) is 38.5 Å². The quantitative estimate of drug-likeness (QED) is 0.808. The molecule has 4 nitrogen and oxygen atoms in total. The first kappa shape index (κ1) is 13.0. The van der Waals surface area contributed by atoms with E-state index in [1.807, 2.05) is 11.7 Å². The summed E-state index contributed by atoms with van der Waals surface area (Å²) in [6.45, 7) is 4.67. The second-order valence-corrected chi connectivity index (χ2v) is 5.20. The molecule has 0 aromatic carbocycles. The minimum Gasteiger partial charge on any atom is -0.350 e. The Morgan fingerprint density at radius 1 is 1.53 bits per heavy atom. The summed E-state index contributed by atoms with van der Waals surface area (Å²) in [6.07, 6.45) is 4.98. The van der Waals surface area contributed by atoms with Crippen molar-refractivity contribution in [2.24, 2.45) is 0 Å². The van der Waals surface area contributed by atoms with Gasteiger partial charge >= 0.3 is 0 Å². The van der Waals surface area contributed by atoms with E-state index in [2.05, 4.69) is 17.2 Å². The van der Waals surface area contributed by atoms with Crippen molar-refractivity contribution < 1.29 is 9.47 Å². The number of ether oxygens (including phenoxy) is 2. The lowest BCUT2D eigenvalue weighted by atomic mass is 10.1. The Labute approximate surface area is 106 Å². The molecule has 2 heterocycles. The van der Waals surface area contributed by atoms with E-state index in [9.17, 15) is 0 Å². The molecule has 17 heavy (non-hydrogen) atoms. The standard InChI is InChI=1S/C12H20N2O2S/c1-2-3-14-10(6-11-8-13-9-17-11)7-12-15-4-5-16-12/h8-10,12,14H,2-7H2,1H3. The van der Waals surface area contributed by atoms with Crippen LogP contribution in [0.2, 0.25) is 0 Å². The minimum atomic E-state index is -0.0303. The molecule has 2 rings (SSSR count). The molecule has 1 aliphatic heterocycles. The maximum Gasteiger partial charge on any atom is 0.159 e. The van der Waals surface area contributed by atoms with Gasteiger partial charge in [0.25, 0.3) is 0 Å². The fourth-order valence-electron chi connectivity index (χ4n) is 1.95. The number of nitrogens with zero attached hydrogens (tertiary/aromatic N) is 1. The maximum atomic E-state index is 5.51. The Morgan fingerprint density at radius 2 is 2.35 bits per heavy atom. The third-order valence-corrected chi connectivity index (χ3v) is 3.58. The summed E-state index contributed by atoms with van der Waals surface area (Å²) in [5, 5.41) is 3.55. The Hall–Kier alpha value is -0.490. The number of hydrogen-bond acceptors (Lipinski definition) is 5. The molecule has 1 aliphatic rings. The van der Waals surface area contributed by atoms with Crippen LogP contribution in [0.3, 0.4) is 0 Å². The topological polar surface area (TPSA) is 43.4 Å². The predicted octanol–water partition coefficient (Wildman–Crippen LogP) is 1.82. The van der Waals surface area contributed by atoms with Crippen LogP contribution in [0.5, 0.6) is 0 Å². The van der Waals surface area contributed by atoms with Crippen molar-refractivity contribution in [1.82, 2.24) is 10.3 Å². The third-order valence-electron chi connectivity index (χ3n) is 2.78. The second-order valence-electron chi connectivity index (χ2n) is 4.23. The highest BCUT2D eigenvalue weighted by Gasteiger charge is 2.21. The van der Waals surface area contributed by atoms with E-state index >= 15 is 0 Å². The van der Waals surface area contributed by atoms with Gasteiger partial charge in [0.2, 0.25) is 0 Å². The number of rotatable bonds is 7. The zero-order chi connectivity index (χ0) is 11.9. The molecule has 0 amide bonds. The maximum absolute atomic E-state index is 5.51. The van der Waals surface area contributed by atoms with Crippen LogP contribution in [0.4, 0.5) is 0 Å². The average Bonchev–Trinajstić information content (AvgIpc) is 2.99. The zero-order valence-corrected chi connectivity index (χ0v) is 11.0. The lowest BCUT2D eigenvalue weighted by Gasteiger charge is -2.20. The van der Waals surface area contributed by atoms with Crippen LogP contribution >= 0.6 is 11.3 Å². The van der Waals surface area contributed by atoms with Gasteiger partial charge < -0.3 is 14.8 Å². The largest absolute Gasteiger partial charge is 0.350 e. The molecule has 0 saturated carbocycles. The van der Waals surface area contributed by atoms with Gasteiger partial charge in [-0.15, -0.1) is 11.3 Å². The number of thiazole rings is 1. The van der Waals surface area contributed by atoms with Crippen LogP contribution in [0.15, 0.2) is 11.7 Å². The van der Waals surface area contributed by atoms with Crippen molar-refractivity contribution in [1.29, 1.82) is 0 Å². The summed E-state index contributed by atoms with van der Waals surface area (Å²) in [7, 11) is 0. The fraction of sp³-hybridized carbons (Fsp3) is 0.750. The number of aromatic nitrogens is 1. The summed E-state index contributed by atoms with van der Waals surface area (Å²) in [6, 6.07) is 0.415. The molecule has 1 atom stereocenters. The van der Waals surface area contributed by atoms with Crippen molar-refractivity contribution in [3.8, 4) is 0 Å². The lowest BCUT2D eigenvalue weighted by Crippen LogP contribution is -2.35. The Morgan fingerprint density at radius 3 is 3.00 bits per heavy atom. The van der Waals surface area contributed by atoms with Gasteiger partial charge in [0.1, 0.15) is 0 Å². The second kappa shape index (κ2) is 7.06. The van der Waals surface area contributed by atoms with Gasteiger partial charge in [0, 0.05) is 23.5 Å². The Balaban J connectivity index is 1.83. The van der Waals surface area contributed by atoms with Crippen molar-refractivity contribution >= 4 is 11.3 Å². The summed E-state index contributed by atoms with van der Waals surface area (Å²) in [4.78, 5) is 5.43. The summed E-state index contributed by atoms with van der Waals surface area (Å²) in [5.74, 6) is 0. The smallest absolute Gasteiger partial charge is 0.159 e. The van der Waals surface area contributed by atoms with Gasteiger partial charge in [0.05, 0.1) is 18.7 Å². The molecule has 1 saturated heterocycles. The van der Waals surface area contributed by atoms with E-state index in [1.54, 1.807) is 11.3 Å². The van der Waals surface area contributed by atoms with E-state index in [1.165, 1.54) is 4.88 Å². The first-order valence-electron chi connectivity index (χ1n) is 6.22. The lowest BCUT2D eigenvalue weighted by molar-refractivity contribution is -0.0526. The van der Waals surface area contributed by atoms with Gasteiger partial charge in [-0.05, 0) is 19.4 Å². The Kier molecular flexibility index (Phi) is 5.38. The van der Waals surface area contributed by atoms with Crippen LogP contribution in [0.1, 0.15) is 24.6 Å². The van der Waals surface area contributed by atoms with Crippen molar-refractivity contribution in [2.75, 3.05) is 19.8 Å². The molecule has 0 spiro atoms. The fourth-order valence-corrected chi connectivity index (χ4v) is 2.62. The molecule has 1 N–H and O–H groups in total. The normalized spacial score (nSPS) is 18.6. The highest BCUT2D eigenvalue weighted by atomic mass is 32.1. The van der Waals surface area contributed by atoms with E-state index < -0.39 is 0 Å². The first-order chi connectivity index (χ1) is 8.38. The molecule has 0 bridgehead atoms. The summed E-state index contributed by atoms with van der Waals surface area (Å²) >= 11 is 1.71. The van der Waals surface area contributed by atoms with E-state index in [4.69, 9.17) is 9.47 Å². The van der Waals surface area contributed by atoms with Gasteiger partial charge in [0.15, 0.2) is 6.29 Å². The van der Waals surface area contributed by atoms with Crippen LogP contribution in [0.25, 0.3) is 0 Å². The Bertz CT molecular complexity index is 299. The minimum absolute atomic E-state index is 0.0303. The van der Waals surface area contributed by atoms with Crippen LogP contribution in [-0.4, -0.2) is 37.1 Å². The summed E-state index contributed by atoms with van der Waals surface area (Å²) in [5.41, 5.74) is 1.88. The number of nitrogens with one attached hydrogen (secondary N) is 1. The molecular formula is C12H20N2O2S. The molecular weight excluding hydrogens is 236 g/mol. The van der Waals surface area contributed by atoms with Gasteiger partial charge in [-0.25, -0.2) is 0 Å². The third kappa shape index (κ3) is 4.35. The monoisotopic (exact) mass is 256 g/mol. The SMILES string of the molecule is CCCNC(Cc1cncs1)CC1OCCO1. The van der Waals surface area contributed by atoms with Gasteiger partial charge in [-0.1, -0.05) is 6.92 Å². The molecule has 5 heteroatoms. The highest BCUT2D eigenvalue weighted by molar-refractivity contribution is 7.09. The average molecular weight is 256 g/mol. The molecule has 1 aromatic heterocycles. The predicted molar refractivity (Wildman–Crippen MR) is 68.2 cm³/mol. The van der Waals surface area contributed by atoms with E-state index in [0.29, 0.717) is 6.04 Å². The number of hydrogen-bond donors (Lipinski definition) is 1. The molecule has 1 aromatic rings. The molecule has 0 aliphatic carbocycles. The van der Waals surface area contributed by atoms with E-state index in [0.717, 1.165) is 39.0 Å². The van der Waals surface area contributed by atoms with Crippen LogP contribution < -0.4 is 5.32 Å². The van der Waals surface area contributed by atoms with Gasteiger partial charge in [-0.3, -0.25) is 4.98 Å². The first-order valence-corrected chi connectivity index (χ1v) is 7.10. The zero-order valence-electron chi connectivity index (χ0n) is 10.2. The highest BCUT2D eigenvalue weighted by Crippen LogP contribution is 2.16. The van der Waals surface area contributed by atoms with Crippen LogP contribution in [0, 0.1) is 0 Å². The van der Waals surface area contributed by atoms with Crippen LogP contribution in [-0.2, 0) is 15.9 Å². The van der Waals surface area contributed by atoms with Gasteiger partial charge in [-0.2, -0.15) is 0 Å². The molecule has 0 radical (unpaired) electrons. The van der Waals surface area contributed by atoms with Crippen molar-refractivity contribution in [3.63, 3.8) is 0 Å². The molecule has 1 unspecified atom stereocenters. The van der Waals surface area contributed by atoms with Crippen molar-refractivity contribution in [3.05, 3.63) is 16.6 Å². The molecule has 1 fully saturated rings.